The molecule has 1 amide bonds. The SMILES string of the molecule is CC1CCc2c(C(=O)NCc3ccccc3S(=O)(=O)N(C)C)csc2C1. The summed E-state index contributed by atoms with van der Waals surface area (Å²) in [7, 11) is -0.539. The highest BCUT2D eigenvalue weighted by atomic mass is 32.2. The molecule has 1 unspecified atom stereocenters. The molecular formula is C19H24N2O3S2. The van der Waals surface area contributed by atoms with Crippen molar-refractivity contribution >= 4 is 27.3 Å². The molecule has 0 radical (unpaired) electrons. The summed E-state index contributed by atoms with van der Waals surface area (Å²) in [4.78, 5) is 14.2. The number of carbonyl (C=O) groups is 1. The van der Waals surface area contributed by atoms with E-state index in [0.717, 1.165) is 24.8 Å². The number of hydrogen-bond acceptors (Lipinski definition) is 4. The lowest BCUT2D eigenvalue weighted by Gasteiger charge is -2.19. The van der Waals surface area contributed by atoms with Gasteiger partial charge in [0.05, 0.1) is 10.5 Å². The van der Waals surface area contributed by atoms with Crippen molar-refractivity contribution in [3.63, 3.8) is 0 Å². The van der Waals surface area contributed by atoms with E-state index in [1.807, 2.05) is 5.38 Å². The lowest BCUT2D eigenvalue weighted by Crippen LogP contribution is -2.27. The number of sulfonamides is 1. The number of carbonyl (C=O) groups excluding carboxylic acids is 1. The number of nitrogens with one attached hydrogen (secondary N) is 1. The number of rotatable bonds is 5. The molecule has 5 nitrogen and oxygen atoms in total. The number of hydrogen-bond donors (Lipinski definition) is 1. The van der Waals surface area contributed by atoms with Gasteiger partial charge in [-0.15, -0.1) is 11.3 Å². The highest BCUT2D eigenvalue weighted by molar-refractivity contribution is 7.89. The fourth-order valence-electron chi connectivity index (χ4n) is 3.24. The van der Waals surface area contributed by atoms with Crippen molar-refractivity contribution in [3.05, 3.63) is 51.2 Å². The molecule has 1 atom stereocenters. The minimum absolute atomic E-state index is 0.130. The number of nitrogens with zero attached hydrogens (tertiary/aromatic N) is 1. The topological polar surface area (TPSA) is 66.5 Å². The molecule has 0 saturated carbocycles. The van der Waals surface area contributed by atoms with Crippen LogP contribution in [0.4, 0.5) is 0 Å². The zero-order chi connectivity index (χ0) is 18.9. The van der Waals surface area contributed by atoms with Crippen molar-refractivity contribution in [1.29, 1.82) is 0 Å². The van der Waals surface area contributed by atoms with E-state index in [2.05, 4.69) is 12.2 Å². The average Bonchev–Trinajstić information content (AvgIpc) is 3.02. The minimum atomic E-state index is -3.55. The van der Waals surface area contributed by atoms with Gasteiger partial charge in [-0.25, -0.2) is 12.7 Å². The molecule has 7 heteroatoms. The van der Waals surface area contributed by atoms with Crippen LogP contribution in [0.5, 0.6) is 0 Å². The van der Waals surface area contributed by atoms with Crippen LogP contribution < -0.4 is 5.32 Å². The van der Waals surface area contributed by atoms with Crippen LogP contribution in [0.2, 0.25) is 0 Å². The Balaban J connectivity index is 1.78. The Morgan fingerprint density at radius 2 is 2.04 bits per heavy atom. The molecule has 1 N–H and O–H groups in total. The second-order valence-electron chi connectivity index (χ2n) is 6.98. The van der Waals surface area contributed by atoms with Gasteiger partial charge in [0.25, 0.3) is 5.91 Å². The maximum atomic E-state index is 12.7. The zero-order valence-corrected chi connectivity index (χ0v) is 16.9. The van der Waals surface area contributed by atoms with Crippen molar-refractivity contribution in [2.75, 3.05) is 14.1 Å². The zero-order valence-electron chi connectivity index (χ0n) is 15.3. The van der Waals surface area contributed by atoms with Crippen molar-refractivity contribution in [2.45, 2.75) is 37.6 Å². The first-order chi connectivity index (χ1) is 12.3. The largest absolute Gasteiger partial charge is 0.348 e. The fourth-order valence-corrected chi connectivity index (χ4v) is 5.60. The van der Waals surface area contributed by atoms with Gasteiger partial charge >= 0.3 is 0 Å². The van der Waals surface area contributed by atoms with Crippen molar-refractivity contribution in [1.82, 2.24) is 9.62 Å². The molecule has 1 heterocycles. The molecule has 1 aromatic heterocycles. The van der Waals surface area contributed by atoms with Crippen LogP contribution in [0, 0.1) is 5.92 Å². The van der Waals surface area contributed by atoms with E-state index in [-0.39, 0.29) is 17.3 Å². The predicted molar refractivity (Wildman–Crippen MR) is 104 cm³/mol. The molecule has 1 aromatic carbocycles. The molecule has 0 fully saturated rings. The minimum Gasteiger partial charge on any atom is -0.348 e. The van der Waals surface area contributed by atoms with Crippen LogP contribution in [0.25, 0.3) is 0 Å². The third-order valence-electron chi connectivity index (χ3n) is 4.82. The Bertz CT molecular complexity index is 917. The Morgan fingerprint density at radius 1 is 1.31 bits per heavy atom. The molecule has 0 saturated heterocycles. The summed E-state index contributed by atoms with van der Waals surface area (Å²) in [6.07, 6.45) is 3.08. The molecule has 0 aliphatic heterocycles. The van der Waals surface area contributed by atoms with Gasteiger partial charge in [0.1, 0.15) is 0 Å². The first-order valence-corrected chi connectivity index (χ1v) is 11.0. The van der Waals surface area contributed by atoms with E-state index in [1.54, 1.807) is 35.6 Å². The monoisotopic (exact) mass is 392 g/mol. The second kappa shape index (κ2) is 7.50. The summed E-state index contributed by atoms with van der Waals surface area (Å²) in [6, 6.07) is 6.79. The lowest BCUT2D eigenvalue weighted by atomic mass is 9.88. The van der Waals surface area contributed by atoms with Gasteiger partial charge in [0, 0.05) is 30.9 Å². The Morgan fingerprint density at radius 3 is 2.77 bits per heavy atom. The van der Waals surface area contributed by atoms with E-state index in [0.29, 0.717) is 11.5 Å². The van der Waals surface area contributed by atoms with Crippen molar-refractivity contribution in [3.8, 4) is 0 Å². The number of benzene rings is 1. The lowest BCUT2D eigenvalue weighted by molar-refractivity contribution is 0.0949. The van der Waals surface area contributed by atoms with Gasteiger partial charge in [-0.05, 0) is 42.4 Å². The highest BCUT2D eigenvalue weighted by Gasteiger charge is 2.24. The normalized spacial score (nSPS) is 17.2. The van der Waals surface area contributed by atoms with Gasteiger partial charge in [-0.3, -0.25) is 4.79 Å². The number of thiophene rings is 1. The summed E-state index contributed by atoms with van der Waals surface area (Å²) < 4.78 is 26.1. The summed E-state index contributed by atoms with van der Waals surface area (Å²) in [6.45, 7) is 2.42. The second-order valence-corrected chi connectivity index (χ2v) is 10.1. The average molecular weight is 393 g/mol. The van der Waals surface area contributed by atoms with Crippen molar-refractivity contribution < 1.29 is 13.2 Å². The summed E-state index contributed by atoms with van der Waals surface area (Å²) in [5.41, 5.74) is 2.50. The van der Waals surface area contributed by atoms with Crippen molar-refractivity contribution in [2.24, 2.45) is 5.92 Å². The van der Waals surface area contributed by atoms with E-state index in [1.165, 1.54) is 28.8 Å². The number of fused-ring (bicyclic) bond motifs is 1. The Kier molecular flexibility index (Phi) is 5.50. The van der Waals surface area contributed by atoms with E-state index in [4.69, 9.17) is 0 Å². The summed E-state index contributed by atoms with van der Waals surface area (Å²) >= 11 is 1.65. The highest BCUT2D eigenvalue weighted by Crippen LogP contribution is 2.32. The molecule has 2 aromatic rings. The summed E-state index contributed by atoms with van der Waals surface area (Å²) in [5, 5.41) is 4.83. The van der Waals surface area contributed by atoms with Crippen LogP contribution in [-0.4, -0.2) is 32.7 Å². The molecule has 26 heavy (non-hydrogen) atoms. The number of amides is 1. The molecule has 0 bridgehead atoms. The molecule has 1 aliphatic rings. The van der Waals surface area contributed by atoms with E-state index >= 15 is 0 Å². The molecule has 0 spiro atoms. The third-order valence-corrected chi connectivity index (χ3v) is 7.78. The van der Waals surface area contributed by atoms with E-state index < -0.39 is 10.0 Å². The van der Waals surface area contributed by atoms with Crippen LogP contribution in [0.3, 0.4) is 0 Å². The maximum absolute atomic E-state index is 12.7. The Hall–Kier alpha value is -1.70. The van der Waals surface area contributed by atoms with Gasteiger partial charge in [0.15, 0.2) is 0 Å². The van der Waals surface area contributed by atoms with Gasteiger partial charge < -0.3 is 5.32 Å². The Labute approximate surface area is 159 Å². The molecule has 3 rings (SSSR count). The van der Waals surface area contributed by atoms with Crippen LogP contribution in [-0.2, 0) is 29.4 Å². The fraction of sp³-hybridized carbons (Fsp3) is 0.421. The quantitative estimate of drug-likeness (QED) is 0.850. The maximum Gasteiger partial charge on any atom is 0.252 e. The smallest absolute Gasteiger partial charge is 0.252 e. The molecular weight excluding hydrogens is 368 g/mol. The predicted octanol–water partition coefficient (Wildman–Crippen LogP) is 3.05. The van der Waals surface area contributed by atoms with Crippen LogP contribution in [0.1, 0.15) is 39.7 Å². The first-order valence-electron chi connectivity index (χ1n) is 8.68. The van der Waals surface area contributed by atoms with Gasteiger partial charge in [-0.1, -0.05) is 25.1 Å². The molecule has 1 aliphatic carbocycles. The van der Waals surface area contributed by atoms with E-state index in [9.17, 15) is 13.2 Å². The third kappa shape index (κ3) is 3.70. The molecule has 140 valence electrons. The van der Waals surface area contributed by atoms with Crippen LogP contribution in [0.15, 0.2) is 34.5 Å². The summed E-state index contributed by atoms with van der Waals surface area (Å²) in [5.74, 6) is 0.536. The standard InChI is InChI=1S/C19H24N2O3S2/c1-13-8-9-15-16(12-25-17(15)10-13)19(22)20-11-14-6-4-5-7-18(14)26(23,24)21(2)3/h4-7,12-13H,8-11H2,1-3H3,(H,20,22). The van der Waals surface area contributed by atoms with Gasteiger partial charge in [-0.2, -0.15) is 0 Å². The van der Waals surface area contributed by atoms with Gasteiger partial charge in [0.2, 0.25) is 10.0 Å². The van der Waals surface area contributed by atoms with Crippen LogP contribution >= 0.6 is 11.3 Å². The first kappa shape index (κ1) is 19.1.